The number of benzene rings is 2. The highest BCUT2D eigenvalue weighted by Crippen LogP contribution is 2.29. The van der Waals surface area contributed by atoms with E-state index in [9.17, 15) is 14.0 Å². The zero-order valence-electron chi connectivity index (χ0n) is 17.1. The number of amides is 1. The van der Waals surface area contributed by atoms with E-state index in [1.54, 1.807) is 6.92 Å². The van der Waals surface area contributed by atoms with Crippen LogP contribution in [-0.2, 0) is 17.6 Å². The van der Waals surface area contributed by atoms with Gasteiger partial charge < -0.3 is 5.32 Å². The molecule has 0 bridgehead atoms. The Kier molecular flexibility index (Phi) is 5.48. The van der Waals surface area contributed by atoms with Crippen molar-refractivity contribution in [2.24, 2.45) is 0 Å². The molecule has 0 saturated heterocycles. The molecule has 4 rings (SSSR count). The molecule has 1 N–H and O–H groups in total. The molecular formula is C24H24FN3O2. The van der Waals surface area contributed by atoms with Crippen LogP contribution in [0.1, 0.15) is 42.5 Å². The van der Waals surface area contributed by atoms with Crippen molar-refractivity contribution in [2.45, 2.75) is 45.6 Å². The third kappa shape index (κ3) is 3.90. The SMILES string of the molecule is Cc1ccc(-c2nn([C@@H](C)C(=O)Nc3ccc(F)cc3)c(=O)c3c2CCCC3)cc1. The number of aromatic nitrogens is 2. The number of hydrogen-bond acceptors (Lipinski definition) is 3. The van der Waals surface area contributed by atoms with Crippen LogP contribution in [0.2, 0.25) is 0 Å². The second kappa shape index (κ2) is 8.22. The van der Waals surface area contributed by atoms with E-state index in [4.69, 9.17) is 0 Å². The van der Waals surface area contributed by atoms with Gasteiger partial charge in [0.15, 0.2) is 0 Å². The van der Waals surface area contributed by atoms with Crippen LogP contribution in [0.3, 0.4) is 0 Å². The number of rotatable bonds is 4. The highest BCUT2D eigenvalue weighted by Gasteiger charge is 2.25. The summed E-state index contributed by atoms with van der Waals surface area (Å²) in [6, 6.07) is 12.8. The number of nitrogens with one attached hydrogen (secondary N) is 1. The molecule has 0 radical (unpaired) electrons. The molecule has 0 fully saturated rings. The van der Waals surface area contributed by atoms with Crippen molar-refractivity contribution >= 4 is 11.6 Å². The fourth-order valence-electron chi connectivity index (χ4n) is 3.85. The van der Waals surface area contributed by atoms with E-state index in [0.717, 1.165) is 47.2 Å². The van der Waals surface area contributed by atoms with Gasteiger partial charge in [0.1, 0.15) is 11.9 Å². The molecule has 1 aromatic heterocycles. The Morgan fingerprint density at radius 3 is 2.33 bits per heavy atom. The van der Waals surface area contributed by atoms with Gasteiger partial charge in [-0.2, -0.15) is 5.10 Å². The van der Waals surface area contributed by atoms with E-state index >= 15 is 0 Å². The van der Waals surface area contributed by atoms with Crippen LogP contribution in [0.4, 0.5) is 10.1 Å². The van der Waals surface area contributed by atoms with Crippen molar-refractivity contribution in [1.82, 2.24) is 9.78 Å². The summed E-state index contributed by atoms with van der Waals surface area (Å²) in [4.78, 5) is 26.0. The molecule has 0 spiro atoms. The molecular weight excluding hydrogens is 381 g/mol. The van der Waals surface area contributed by atoms with Crippen molar-refractivity contribution in [2.75, 3.05) is 5.32 Å². The van der Waals surface area contributed by atoms with Crippen molar-refractivity contribution in [3.63, 3.8) is 0 Å². The molecule has 0 unspecified atom stereocenters. The van der Waals surface area contributed by atoms with Crippen molar-refractivity contribution < 1.29 is 9.18 Å². The molecule has 1 amide bonds. The monoisotopic (exact) mass is 405 g/mol. The van der Waals surface area contributed by atoms with Gasteiger partial charge in [-0.25, -0.2) is 9.07 Å². The van der Waals surface area contributed by atoms with E-state index in [0.29, 0.717) is 12.1 Å². The van der Waals surface area contributed by atoms with Crippen molar-refractivity contribution in [1.29, 1.82) is 0 Å². The Labute approximate surface area is 174 Å². The molecule has 1 atom stereocenters. The molecule has 5 nitrogen and oxygen atoms in total. The minimum Gasteiger partial charge on any atom is -0.324 e. The van der Waals surface area contributed by atoms with Gasteiger partial charge in [-0.1, -0.05) is 29.8 Å². The predicted molar refractivity (Wildman–Crippen MR) is 115 cm³/mol. The first-order valence-electron chi connectivity index (χ1n) is 10.2. The molecule has 1 heterocycles. The summed E-state index contributed by atoms with van der Waals surface area (Å²) < 4.78 is 14.4. The van der Waals surface area contributed by atoms with Gasteiger partial charge >= 0.3 is 0 Å². The first-order valence-corrected chi connectivity index (χ1v) is 10.2. The predicted octanol–water partition coefficient (Wildman–Crippen LogP) is 4.44. The lowest BCUT2D eigenvalue weighted by atomic mass is 9.89. The third-order valence-corrected chi connectivity index (χ3v) is 5.61. The number of anilines is 1. The molecule has 3 aromatic rings. The van der Waals surface area contributed by atoms with Crippen LogP contribution >= 0.6 is 0 Å². The van der Waals surface area contributed by atoms with Gasteiger partial charge in [0, 0.05) is 16.8 Å². The summed E-state index contributed by atoms with van der Waals surface area (Å²) in [7, 11) is 0. The van der Waals surface area contributed by atoms with Gasteiger partial charge in [-0.05, 0) is 69.4 Å². The third-order valence-electron chi connectivity index (χ3n) is 5.61. The number of carbonyl (C=O) groups excluding carboxylic acids is 1. The maximum Gasteiger partial charge on any atom is 0.271 e. The average Bonchev–Trinajstić information content (AvgIpc) is 2.76. The quantitative estimate of drug-likeness (QED) is 0.698. The first-order chi connectivity index (χ1) is 14.4. The fourth-order valence-corrected chi connectivity index (χ4v) is 3.85. The van der Waals surface area contributed by atoms with Crippen molar-refractivity contribution in [3.05, 3.63) is 81.4 Å². The lowest BCUT2D eigenvalue weighted by molar-refractivity contribution is -0.119. The highest BCUT2D eigenvalue weighted by atomic mass is 19.1. The van der Waals surface area contributed by atoms with Crippen LogP contribution in [0, 0.1) is 12.7 Å². The number of nitrogens with zero attached hydrogens (tertiary/aromatic N) is 2. The Morgan fingerprint density at radius 2 is 1.67 bits per heavy atom. The lowest BCUT2D eigenvalue weighted by Gasteiger charge is -2.22. The van der Waals surface area contributed by atoms with Crippen LogP contribution in [0.15, 0.2) is 53.3 Å². The van der Waals surface area contributed by atoms with Gasteiger partial charge in [-0.15, -0.1) is 0 Å². The molecule has 154 valence electrons. The summed E-state index contributed by atoms with van der Waals surface area (Å²) in [5, 5.41) is 7.38. The van der Waals surface area contributed by atoms with E-state index in [-0.39, 0.29) is 17.3 Å². The molecule has 6 heteroatoms. The van der Waals surface area contributed by atoms with Crippen LogP contribution in [-0.4, -0.2) is 15.7 Å². The molecule has 1 aliphatic carbocycles. The normalized spacial score (nSPS) is 14.1. The minimum atomic E-state index is -0.807. The molecule has 0 saturated carbocycles. The van der Waals surface area contributed by atoms with Crippen LogP contribution < -0.4 is 10.9 Å². The Bertz CT molecular complexity index is 1130. The summed E-state index contributed by atoms with van der Waals surface area (Å²) >= 11 is 0. The fraction of sp³-hybridized carbons (Fsp3) is 0.292. The van der Waals surface area contributed by atoms with E-state index in [1.165, 1.54) is 28.9 Å². The summed E-state index contributed by atoms with van der Waals surface area (Å²) in [6.07, 6.45) is 3.49. The highest BCUT2D eigenvalue weighted by molar-refractivity contribution is 5.93. The average molecular weight is 405 g/mol. The molecule has 2 aromatic carbocycles. The Balaban J connectivity index is 1.74. The maximum absolute atomic E-state index is 13.2. The summed E-state index contributed by atoms with van der Waals surface area (Å²) in [6.45, 7) is 3.68. The number of carbonyl (C=O) groups is 1. The standard InChI is InChI=1S/C24H24FN3O2/c1-15-7-9-17(10-8-15)22-20-5-3-4-6-21(20)24(30)28(27-22)16(2)23(29)26-19-13-11-18(25)12-14-19/h7-14,16H,3-6H2,1-2H3,(H,26,29)/t16-/m0/s1. The molecule has 30 heavy (non-hydrogen) atoms. The largest absolute Gasteiger partial charge is 0.324 e. The Morgan fingerprint density at radius 1 is 1.03 bits per heavy atom. The molecule has 1 aliphatic rings. The number of halogens is 1. The van der Waals surface area contributed by atoms with E-state index in [2.05, 4.69) is 10.4 Å². The van der Waals surface area contributed by atoms with Gasteiger partial charge in [-0.3, -0.25) is 9.59 Å². The second-order valence-electron chi connectivity index (χ2n) is 7.80. The first kappa shape index (κ1) is 20.0. The van der Waals surface area contributed by atoms with E-state index < -0.39 is 6.04 Å². The maximum atomic E-state index is 13.2. The topological polar surface area (TPSA) is 64.0 Å². The lowest BCUT2D eigenvalue weighted by Crippen LogP contribution is -2.37. The number of hydrogen-bond donors (Lipinski definition) is 1. The zero-order chi connectivity index (χ0) is 21.3. The number of aryl methyl sites for hydroxylation is 1. The van der Waals surface area contributed by atoms with Gasteiger partial charge in [0.2, 0.25) is 5.91 Å². The molecule has 0 aliphatic heterocycles. The second-order valence-corrected chi connectivity index (χ2v) is 7.80. The summed E-state index contributed by atoms with van der Waals surface area (Å²) in [5.41, 5.74) is 4.88. The van der Waals surface area contributed by atoms with Crippen LogP contribution in [0.5, 0.6) is 0 Å². The smallest absolute Gasteiger partial charge is 0.271 e. The van der Waals surface area contributed by atoms with Crippen molar-refractivity contribution in [3.8, 4) is 11.3 Å². The van der Waals surface area contributed by atoms with E-state index in [1.807, 2.05) is 31.2 Å². The van der Waals surface area contributed by atoms with Crippen LogP contribution in [0.25, 0.3) is 11.3 Å². The Hall–Kier alpha value is -3.28. The van der Waals surface area contributed by atoms with Gasteiger partial charge in [0.05, 0.1) is 5.69 Å². The number of fused-ring (bicyclic) bond motifs is 1. The zero-order valence-corrected chi connectivity index (χ0v) is 17.1. The minimum absolute atomic E-state index is 0.206. The summed E-state index contributed by atoms with van der Waals surface area (Å²) in [5.74, 6) is -0.752. The van der Waals surface area contributed by atoms with Gasteiger partial charge in [0.25, 0.3) is 5.56 Å².